The van der Waals surface area contributed by atoms with Crippen LogP contribution in [0, 0.1) is 0 Å². The Hall–Kier alpha value is -2.50. The Bertz CT molecular complexity index is 722. The number of urea groups is 1. The van der Waals surface area contributed by atoms with Crippen LogP contribution in [0.2, 0.25) is 0 Å². The van der Waals surface area contributed by atoms with Gasteiger partial charge in [0.05, 0.1) is 0 Å². The lowest BCUT2D eigenvalue weighted by Crippen LogP contribution is -2.31. The van der Waals surface area contributed by atoms with Crippen molar-refractivity contribution in [3.63, 3.8) is 0 Å². The van der Waals surface area contributed by atoms with Crippen LogP contribution in [0.25, 0.3) is 11.0 Å². The highest BCUT2D eigenvalue weighted by Crippen LogP contribution is 2.21. The molecule has 0 atom stereocenters. The van der Waals surface area contributed by atoms with E-state index in [0.29, 0.717) is 12.1 Å². The Balaban J connectivity index is 2.21. The van der Waals surface area contributed by atoms with Gasteiger partial charge in [-0.25, -0.2) is 9.59 Å². The molecule has 0 spiro atoms. The van der Waals surface area contributed by atoms with Crippen molar-refractivity contribution in [1.82, 2.24) is 5.32 Å². The minimum absolute atomic E-state index is 0.138. The number of nitrogens with zero attached hydrogens (tertiary/aromatic N) is 1. The SMILES string of the molecule is CCCCNC(=O)Nc1cc2ccc(N(C)C)cc2oc1=O. The Morgan fingerprint density at radius 2 is 2.05 bits per heavy atom. The molecule has 0 aliphatic carbocycles. The molecule has 1 aromatic heterocycles. The number of benzene rings is 1. The van der Waals surface area contributed by atoms with Crippen molar-refractivity contribution in [2.24, 2.45) is 0 Å². The second kappa shape index (κ2) is 6.98. The molecule has 6 heteroatoms. The van der Waals surface area contributed by atoms with E-state index in [0.717, 1.165) is 23.9 Å². The van der Waals surface area contributed by atoms with Gasteiger partial charge in [0.15, 0.2) is 0 Å². The van der Waals surface area contributed by atoms with Crippen molar-refractivity contribution in [2.45, 2.75) is 19.8 Å². The fourth-order valence-corrected chi connectivity index (χ4v) is 2.01. The highest BCUT2D eigenvalue weighted by atomic mass is 16.4. The summed E-state index contributed by atoms with van der Waals surface area (Å²) >= 11 is 0. The molecule has 0 fully saturated rings. The molecule has 0 aliphatic rings. The van der Waals surface area contributed by atoms with Crippen LogP contribution in [0.15, 0.2) is 33.5 Å². The first kappa shape index (κ1) is 15.9. The third-order valence-electron chi connectivity index (χ3n) is 3.30. The van der Waals surface area contributed by atoms with E-state index in [2.05, 4.69) is 10.6 Å². The lowest BCUT2D eigenvalue weighted by atomic mass is 10.2. The number of nitrogens with one attached hydrogen (secondary N) is 2. The quantitative estimate of drug-likeness (QED) is 0.658. The molecule has 2 aromatic rings. The van der Waals surface area contributed by atoms with Gasteiger partial charge >= 0.3 is 11.7 Å². The van der Waals surface area contributed by atoms with Crippen LogP contribution in [-0.2, 0) is 0 Å². The van der Waals surface area contributed by atoms with E-state index in [1.807, 2.05) is 38.1 Å². The smallest absolute Gasteiger partial charge is 0.360 e. The summed E-state index contributed by atoms with van der Waals surface area (Å²) < 4.78 is 5.29. The zero-order chi connectivity index (χ0) is 16.1. The zero-order valence-electron chi connectivity index (χ0n) is 13.1. The number of rotatable bonds is 5. The van der Waals surface area contributed by atoms with E-state index in [9.17, 15) is 9.59 Å². The maximum atomic E-state index is 12.0. The monoisotopic (exact) mass is 303 g/mol. The number of hydrogen-bond donors (Lipinski definition) is 2. The zero-order valence-corrected chi connectivity index (χ0v) is 13.1. The third-order valence-corrected chi connectivity index (χ3v) is 3.30. The normalized spacial score (nSPS) is 10.5. The molecule has 0 bridgehead atoms. The van der Waals surface area contributed by atoms with Crippen molar-refractivity contribution in [2.75, 3.05) is 30.9 Å². The van der Waals surface area contributed by atoms with Gasteiger partial charge in [-0.1, -0.05) is 13.3 Å². The summed E-state index contributed by atoms with van der Waals surface area (Å²) in [5.74, 6) is 0. The van der Waals surface area contributed by atoms with Crippen molar-refractivity contribution in [1.29, 1.82) is 0 Å². The largest absolute Gasteiger partial charge is 0.421 e. The molecular weight excluding hydrogens is 282 g/mol. The highest BCUT2D eigenvalue weighted by molar-refractivity contribution is 5.91. The van der Waals surface area contributed by atoms with Crippen LogP contribution in [0.5, 0.6) is 0 Å². The van der Waals surface area contributed by atoms with Crippen LogP contribution < -0.4 is 21.2 Å². The summed E-state index contributed by atoms with van der Waals surface area (Å²) in [7, 11) is 3.83. The second-order valence-electron chi connectivity index (χ2n) is 5.30. The summed E-state index contributed by atoms with van der Waals surface area (Å²) in [4.78, 5) is 25.6. The molecule has 0 saturated heterocycles. The lowest BCUT2D eigenvalue weighted by Gasteiger charge is -2.12. The molecule has 2 N–H and O–H groups in total. The average molecular weight is 303 g/mol. The molecule has 22 heavy (non-hydrogen) atoms. The van der Waals surface area contributed by atoms with Crippen LogP contribution in [0.3, 0.4) is 0 Å². The summed E-state index contributed by atoms with van der Waals surface area (Å²) in [6, 6.07) is 6.80. The van der Waals surface area contributed by atoms with Gasteiger partial charge in [-0.2, -0.15) is 0 Å². The van der Waals surface area contributed by atoms with E-state index in [-0.39, 0.29) is 5.69 Å². The van der Waals surface area contributed by atoms with E-state index in [1.165, 1.54) is 0 Å². The van der Waals surface area contributed by atoms with E-state index in [4.69, 9.17) is 4.42 Å². The first-order chi connectivity index (χ1) is 10.5. The summed E-state index contributed by atoms with van der Waals surface area (Å²) in [5, 5.41) is 5.98. The number of fused-ring (bicyclic) bond motifs is 1. The Labute approximate surface area is 129 Å². The van der Waals surface area contributed by atoms with Crippen LogP contribution >= 0.6 is 0 Å². The number of hydrogen-bond acceptors (Lipinski definition) is 4. The molecule has 0 saturated carbocycles. The first-order valence-corrected chi connectivity index (χ1v) is 7.31. The number of carbonyl (C=O) groups excluding carboxylic acids is 1. The summed E-state index contributed by atoms with van der Waals surface area (Å²) in [6.45, 7) is 2.62. The van der Waals surface area contributed by atoms with Crippen LogP contribution in [0.1, 0.15) is 19.8 Å². The van der Waals surface area contributed by atoms with Gasteiger partial charge in [0.1, 0.15) is 11.3 Å². The molecule has 1 heterocycles. The van der Waals surface area contributed by atoms with Gasteiger partial charge in [0.2, 0.25) is 0 Å². The van der Waals surface area contributed by atoms with Crippen LogP contribution in [0.4, 0.5) is 16.2 Å². The highest BCUT2D eigenvalue weighted by Gasteiger charge is 2.09. The predicted molar refractivity (Wildman–Crippen MR) is 88.7 cm³/mol. The Morgan fingerprint density at radius 1 is 1.27 bits per heavy atom. The number of unbranched alkanes of at least 4 members (excludes halogenated alkanes) is 1. The second-order valence-corrected chi connectivity index (χ2v) is 5.30. The summed E-state index contributed by atoms with van der Waals surface area (Å²) in [5.41, 5.74) is 1.01. The van der Waals surface area contributed by atoms with Crippen molar-refractivity contribution in [3.8, 4) is 0 Å². The van der Waals surface area contributed by atoms with Crippen molar-refractivity contribution >= 4 is 28.4 Å². The van der Waals surface area contributed by atoms with Gasteiger partial charge in [-0.05, 0) is 24.6 Å². The van der Waals surface area contributed by atoms with Crippen LogP contribution in [-0.4, -0.2) is 26.7 Å². The molecule has 6 nitrogen and oxygen atoms in total. The molecular formula is C16H21N3O3. The van der Waals surface area contributed by atoms with E-state index >= 15 is 0 Å². The number of carbonyl (C=O) groups is 1. The maximum Gasteiger partial charge on any atom is 0.360 e. The van der Waals surface area contributed by atoms with Gasteiger partial charge in [-0.3, -0.25) is 0 Å². The third kappa shape index (κ3) is 3.78. The first-order valence-electron chi connectivity index (χ1n) is 7.31. The number of anilines is 2. The molecule has 0 aliphatic heterocycles. The van der Waals surface area contributed by atoms with Crippen molar-refractivity contribution in [3.05, 3.63) is 34.7 Å². The van der Waals surface area contributed by atoms with Gasteiger partial charge < -0.3 is 20.0 Å². The maximum absolute atomic E-state index is 12.0. The topological polar surface area (TPSA) is 74.6 Å². The molecule has 0 unspecified atom stereocenters. The number of amides is 2. The van der Waals surface area contributed by atoms with Crippen molar-refractivity contribution < 1.29 is 9.21 Å². The lowest BCUT2D eigenvalue weighted by molar-refractivity contribution is 0.252. The van der Waals surface area contributed by atoms with Gasteiger partial charge in [0.25, 0.3) is 0 Å². The minimum Gasteiger partial charge on any atom is -0.421 e. The Morgan fingerprint density at radius 3 is 2.73 bits per heavy atom. The molecule has 1 aromatic carbocycles. The Kier molecular flexibility index (Phi) is 5.04. The van der Waals surface area contributed by atoms with Gasteiger partial charge in [0, 0.05) is 37.8 Å². The molecule has 2 amide bonds. The standard InChI is InChI=1S/C16H21N3O3/c1-4-5-8-17-16(21)18-13-9-11-6-7-12(19(2)3)10-14(11)22-15(13)20/h6-7,9-10H,4-5,8H2,1-3H3,(H2,17,18,21). The fraction of sp³-hybridized carbons (Fsp3) is 0.375. The molecule has 2 rings (SSSR count). The average Bonchev–Trinajstić information content (AvgIpc) is 2.47. The summed E-state index contributed by atoms with van der Waals surface area (Å²) in [6.07, 6.45) is 1.89. The predicted octanol–water partition coefficient (Wildman–Crippen LogP) is 2.78. The molecule has 118 valence electrons. The fourth-order valence-electron chi connectivity index (χ4n) is 2.01. The molecule has 0 radical (unpaired) electrons. The minimum atomic E-state index is -0.561. The van der Waals surface area contributed by atoms with E-state index in [1.54, 1.807) is 12.1 Å². The van der Waals surface area contributed by atoms with Gasteiger partial charge in [-0.15, -0.1) is 0 Å². The van der Waals surface area contributed by atoms with E-state index < -0.39 is 11.7 Å².